The molecule has 5 heteroatoms. The van der Waals surface area contributed by atoms with Crippen molar-refractivity contribution >= 4 is 33.3 Å². The number of rotatable bonds is 2. The third-order valence-corrected chi connectivity index (χ3v) is 3.04. The Hall–Kier alpha value is -1.13. The highest BCUT2D eigenvalue weighted by Crippen LogP contribution is 2.23. The van der Waals surface area contributed by atoms with Gasteiger partial charge in [-0.25, -0.2) is 0 Å². The average Bonchev–Trinajstić information content (AvgIpc) is 2.63. The van der Waals surface area contributed by atoms with Crippen molar-refractivity contribution in [2.24, 2.45) is 7.05 Å². The summed E-state index contributed by atoms with van der Waals surface area (Å²) in [5.74, 6) is -0.127. The van der Waals surface area contributed by atoms with Gasteiger partial charge in [0.25, 0.3) is 0 Å². The molecule has 1 aromatic carbocycles. The number of carbonyl (C=O) groups excluding carboxylic acids is 1. The molecular formula is C11H8BrClN2O. The molecule has 0 saturated heterocycles. The van der Waals surface area contributed by atoms with Gasteiger partial charge in [-0.2, -0.15) is 5.10 Å². The lowest BCUT2D eigenvalue weighted by Gasteiger charge is -2.04. The van der Waals surface area contributed by atoms with Crippen molar-refractivity contribution in [3.05, 3.63) is 51.2 Å². The van der Waals surface area contributed by atoms with Crippen LogP contribution in [0, 0.1) is 0 Å². The molecule has 0 radical (unpaired) electrons. The summed E-state index contributed by atoms with van der Waals surface area (Å²) >= 11 is 9.31. The minimum Gasteiger partial charge on any atom is -0.287 e. The highest BCUT2D eigenvalue weighted by atomic mass is 79.9. The maximum absolute atomic E-state index is 12.1. The first kappa shape index (κ1) is 11.4. The Balaban J connectivity index is 2.46. The molecule has 0 N–H and O–H groups in total. The number of hydrogen-bond donors (Lipinski definition) is 0. The van der Waals surface area contributed by atoms with Crippen LogP contribution in [0.4, 0.5) is 0 Å². The van der Waals surface area contributed by atoms with Gasteiger partial charge in [0.15, 0.2) is 0 Å². The standard InChI is InChI=1S/C11H8BrClN2O/c1-15-10(4-5-14-15)11(16)8-3-2-7(12)6-9(8)13/h2-6H,1H3. The molecule has 0 amide bonds. The van der Waals surface area contributed by atoms with Crippen LogP contribution < -0.4 is 0 Å². The number of aromatic nitrogens is 2. The number of halogens is 2. The van der Waals surface area contributed by atoms with Crippen molar-refractivity contribution in [1.82, 2.24) is 9.78 Å². The van der Waals surface area contributed by atoms with Crippen LogP contribution in [-0.2, 0) is 7.05 Å². The molecule has 3 nitrogen and oxygen atoms in total. The second-order valence-electron chi connectivity index (χ2n) is 3.29. The van der Waals surface area contributed by atoms with E-state index in [-0.39, 0.29) is 5.78 Å². The molecule has 16 heavy (non-hydrogen) atoms. The Morgan fingerprint density at radius 3 is 2.75 bits per heavy atom. The van der Waals surface area contributed by atoms with Crippen molar-refractivity contribution in [3.63, 3.8) is 0 Å². The van der Waals surface area contributed by atoms with Gasteiger partial charge in [0.05, 0.1) is 5.02 Å². The molecule has 2 rings (SSSR count). The van der Waals surface area contributed by atoms with E-state index in [1.54, 1.807) is 37.5 Å². The summed E-state index contributed by atoms with van der Waals surface area (Å²) in [5, 5.41) is 4.39. The normalized spacial score (nSPS) is 10.4. The van der Waals surface area contributed by atoms with E-state index in [0.717, 1.165) is 4.47 Å². The van der Waals surface area contributed by atoms with Crippen LogP contribution in [0.25, 0.3) is 0 Å². The second-order valence-corrected chi connectivity index (χ2v) is 4.62. The van der Waals surface area contributed by atoms with Gasteiger partial charge in [-0.3, -0.25) is 9.48 Å². The number of hydrogen-bond acceptors (Lipinski definition) is 2. The minimum atomic E-state index is -0.127. The number of benzene rings is 1. The van der Waals surface area contributed by atoms with Crippen LogP contribution in [0.15, 0.2) is 34.9 Å². The fourth-order valence-corrected chi connectivity index (χ4v) is 2.17. The van der Waals surface area contributed by atoms with Crippen molar-refractivity contribution in [1.29, 1.82) is 0 Å². The summed E-state index contributed by atoms with van der Waals surface area (Å²) in [7, 11) is 1.72. The Morgan fingerprint density at radius 2 is 2.19 bits per heavy atom. The quantitative estimate of drug-likeness (QED) is 0.799. The zero-order chi connectivity index (χ0) is 11.7. The lowest BCUT2D eigenvalue weighted by molar-refractivity contribution is 0.103. The molecule has 0 atom stereocenters. The zero-order valence-corrected chi connectivity index (χ0v) is 10.8. The molecule has 1 aromatic heterocycles. The van der Waals surface area contributed by atoms with E-state index in [1.165, 1.54) is 4.68 Å². The fourth-order valence-electron chi connectivity index (χ4n) is 1.41. The van der Waals surface area contributed by atoms with E-state index in [2.05, 4.69) is 21.0 Å². The van der Waals surface area contributed by atoms with Gasteiger partial charge >= 0.3 is 0 Å². The Morgan fingerprint density at radius 1 is 1.44 bits per heavy atom. The molecule has 0 saturated carbocycles. The van der Waals surface area contributed by atoms with Gasteiger partial charge in [-0.05, 0) is 24.3 Å². The second kappa shape index (κ2) is 4.39. The third-order valence-electron chi connectivity index (χ3n) is 2.23. The molecule has 0 fully saturated rings. The van der Waals surface area contributed by atoms with Crippen LogP contribution in [0.3, 0.4) is 0 Å². The maximum Gasteiger partial charge on any atom is 0.212 e. The van der Waals surface area contributed by atoms with Gasteiger partial charge in [0.2, 0.25) is 5.78 Å². The minimum absolute atomic E-state index is 0.127. The number of nitrogens with zero attached hydrogens (tertiary/aromatic N) is 2. The average molecular weight is 300 g/mol. The lowest BCUT2D eigenvalue weighted by Crippen LogP contribution is -2.08. The fraction of sp³-hybridized carbons (Fsp3) is 0.0909. The van der Waals surface area contributed by atoms with Crippen molar-refractivity contribution in [2.45, 2.75) is 0 Å². The Labute approximate surface area is 106 Å². The summed E-state index contributed by atoms with van der Waals surface area (Å²) in [4.78, 5) is 12.1. The van der Waals surface area contributed by atoms with E-state index in [0.29, 0.717) is 16.3 Å². The first-order valence-electron chi connectivity index (χ1n) is 4.57. The third kappa shape index (κ3) is 2.03. The maximum atomic E-state index is 12.1. The summed E-state index contributed by atoms with van der Waals surface area (Å²) in [6.45, 7) is 0. The zero-order valence-electron chi connectivity index (χ0n) is 8.45. The van der Waals surface area contributed by atoms with Crippen LogP contribution in [0.2, 0.25) is 5.02 Å². The first-order valence-corrected chi connectivity index (χ1v) is 5.74. The van der Waals surface area contributed by atoms with Crippen molar-refractivity contribution < 1.29 is 4.79 Å². The first-order chi connectivity index (χ1) is 7.59. The smallest absolute Gasteiger partial charge is 0.212 e. The molecule has 0 spiro atoms. The molecule has 82 valence electrons. The van der Waals surface area contributed by atoms with Crippen molar-refractivity contribution in [3.8, 4) is 0 Å². The summed E-state index contributed by atoms with van der Waals surface area (Å²) in [5.41, 5.74) is 0.998. The molecular weight excluding hydrogens is 291 g/mol. The van der Waals surface area contributed by atoms with E-state index in [4.69, 9.17) is 11.6 Å². The van der Waals surface area contributed by atoms with E-state index in [9.17, 15) is 4.79 Å². The van der Waals surface area contributed by atoms with Gasteiger partial charge < -0.3 is 0 Å². The summed E-state index contributed by atoms with van der Waals surface area (Å²) in [6.07, 6.45) is 1.58. The van der Waals surface area contributed by atoms with Gasteiger partial charge in [0, 0.05) is 23.3 Å². The van der Waals surface area contributed by atoms with Crippen molar-refractivity contribution in [2.75, 3.05) is 0 Å². The van der Waals surface area contributed by atoms with E-state index in [1.807, 2.05) is 0 Å². The molecule has 0 aliphatic heterocycles. The summed E-state index contributed by atoms with van der Waals surface area (Å²) < 4.78 is 2.37. The van der Waals surface area contributed by atoms with Gasteiger partial charge in [0.1, 0.15) is 5.69 Å². The largest absolute Gasteiger partial charge is 0.287 e. The molecule has 0 aliphatic carbocycles. The van der Waals surface area contributed by atoms with Crippen LogP contribution >= 0.6 is 27.5 Å². The number of carbonyl (C=O) groups is 1. The molecule has 2 aromatic rings. The number of ketones is 1. The van der Waals surface area contributed by atoms with E-state index >= 15 is 0 Å². The Kier molecular flexibility index (Phi) is 3.12. The summed E-state index contributed by atoms with van der Waals surface area (Å²) in [6, 6.07) is 6.85. The molecule has 0 aliphatic rings. The molecule has 0 unspecified atom stereocenters. The van der Waals surface area contributed by atoms with Crippen LogP contribution in [-0.4, -0.2) is 15.6 Å². The SMILES string of the molecule is Cn1nccc1C(=O)c1ccc(Br)cc1Cl. The Bertz CT molecular complexity index is 551. The predicted molar refractivity (Wildman–Crippen MR) is 65.8 cm³/mol. The predicted octanol–water partition coefficient (Wildman–Crippen LogP) is 3.07. The topological polar surface area (TPSA) is 34.9 Å². The van der Waals surface area contributed by atoms with E-state index < -0.39 is 0 Å². The van der Waals surface area contributed by atoms with Gasteiger partial charge in [-0.1, -0.05) is 27.5 Å². The molecule has 1 heterocycles. The monoisotopic (exact) mass is 298 g/mol. The number of aryl methyl sites for hydroxylation is 1. The van der Waals surface area contributed by atoms with Crippen LogP contribution in [0.5, 0.6) is 0 Å². The molecule has 0 bridgehead atoms. The highest BCUT2D eigenvalue weighted by molar-refractivity contribution is 9.10. The highest BCUT2D eigenvalue weighted by Gasteiger charge is 2.15. The lowest BCUT2D eigenvalue weighted by atomic mass is 10.1. The van der Waals surface area contributed by atoms with Crippen LogP contribution in [0.1, 0.15) is 16.1 Å². The van der Waals surface area contributed by atoms with Gasteiger partial charge in [-0.15, -0.1) is 0 Å².